The lowest BCUT2D eigenvalue weighted by atomic mass is 10.2. The van der Waals surface area contributed by atoms with Gasteiger partial charge in [0, 0.05) is 5.88 Å². The van der Waals surface area contributed by atoms with Crippen molar-refractivity contribution in [2.75, 3.05) is 5.88 Å². The maximum absolute atomic E-state index is 5.68. The first-order chi connectivity index (χ1) is 7.85. The van der Waals surface area contributed by atoms with E-state index in [1.807, 2.05) is 30.3 Å². The fraction of sp³-hybridized carbons (Fsp3) is 0.333. The van der Waals surface area contributed by atoms with Gasteiger partial charge in [0.15, 0.2) is 0 Å². The van der Waals surface area contributed by atoms with Gasteiger partial charge in [-0.15, -0.1) is 18.2 Å². The molecule has 1 aromatic heterocycles. The molecule has 0 N–H and O–H groups in total. The van der Waals surface area contributed by atoms with Crippen LogP contribution < -0.4 is 0 Å². The Morgan fingerprint density at radius 2 is 1.94 bits per heavy atom. The molecule has 0 saturated carbocycles. The molecule has 0 aliphatic heterocycles. The van der Waals surface area contributed by atoms with Gasteiger partial charge in [-0.2, -0.15) is 15.0 Å². The van der Waals surface area contributed by atoms with Gasteiger partial charge in [-0.05, 0) is 25.0 Å². The second-order valence-corrected chi connectivity index (χ2v) is 4.02. The Labute approximate surface area is 99.7 Å². The minimum atomic E-state index is 0.131. The van der Waals surface area contributed by atoms with E-state index in [0.717, 1.165) is 23.9 Å². The number of nitrogens with zero attached hydrogens (tertiary/aromatic N) is 3. The van der Waals surface area contributed by atoms with Gasteiger partial charge in [-0.25, -0.2) is 0 Å². The molecule has 84 valence electrons. The summed E-state index contributed by atoms with van der Waals surface area (Å²) in [4.78, 5) is 1.73. The molecule has 1 heterocycles. The van der Waals surface area contributed by atoms with E-state index >= 15 is 0 Å². The predicted octanol–water partition coefficient (Wildman–Crippen LogP) is 3.18. The van der Waals surface area contributed by atoms with E-state index in [1.165, 1.54) is 0 Å². The zero-order valence-corrected chi connectivity index (χ0v) is 9.77. The number of hydrogen-bond acceptors (Lipinski definition) is 2. The summed E-state index contributed by atoms with van der Waals surface area (Å²) in [6.45, 7) is 3.82. The zero-order valence-electron chi connectivity index (χ0n) is 9.01. The van der Waals surface area contributed by atoms with Crippen molar-refractivity contribution in [2.24, 2.45) is 0 Å². The maximum atomic E-state index is 5.68. The standard InChI is InChI=1S/C12H14ClN3/c1-2-10(6-5-9-13)16-14-11-7-3-4-8-12(11)15-16/h2-4,7-8,10H,1,5-6,9H2. The number of allylic oxidation sites excluding steroid dienone is 1. The Morgan fingerprint density at radius 1 is 1.31 bits per heavy atom. The Bertz CT molecular complexity index is 445. The fourth-order valence-corrected chi connectivity index (χ4v) is 1.79. The molecule has 3 nitrogen and oxygen atoms in total. The highest BCUT2D eigenvalue weighted by atomic mass is 35.5. The van der Waals surface area contributed by atoms with Gasteiger partial charge >= 0.3 is 0 Å². The van der Waals surface area contributed by atoms with E-state index in [2.05, 4.69) is 16.8 Å². The highest BCUT2D eigenvalue weighted by Crippen LogP contribution is 2.16. The van der Waals surface area contributed by atoms with Crippen molar-refractivity contribution < 1.29 is 0 Å². The monoisotopic (exact) mass is 235 g/mol. The largest absolute Gasteiger partial charge is 0.177 e. The minimum Gasteiger partial charge on any atom is -0.177 e. The van der Waals surface area contributed by atoms with E-state index < -0.39 is 0 Å². The van der Waals surface area contributed by atoms with Gasteiger partial charge in [0.25, 0.3) is 0 Å². The Balaban J connectivity index is 2.26. The van der Waals surface area contributed by atoms with Crippen LogP contribution in [0.25, 0.3) is 11.0 Å². The summed E-state index contributed by atoms with van der Waals surface area (Å²) in [6.07, 6.45) is 3.73. The lowest BCUT2D eigenvalue weighted by molar-refractivity contribution is 0.450. The van der Waals surface area contributed by atoms with Crippen LogP contribution in [0.5, 0.6) is 0 Å². The number of benzene rings is 1. The van der Waals surface area contributed by atoms with Crippen LogP contribution in [-0.2, 0) is 0 Å². The molecule has 0 spiro atoms. The smallest absolute Gasteiger partial charge is 0.113 e. The molecular weight excluding hydrogens is 222 g/mol. The van der Waals surface area contributed by atoms with Crippen LogP contribution in [0.15, 0.2) is 36.9 Å². The molecule has 1 aromatic carbocycles. The minimum absolute atomic E-state index is 0.131. The van der Waals surface area contributed by atoms with Crippen molar-refractivity contribution >= 4 is 22.6 Å². The second-order valence-electron chi connectivity index (χ2n) is 3.64. The van der Waals surface area contributed by atoms with Crippen LogP contribution in [0.3, 0.4) is 0 Å². The summed E-state index contributed by atoms with van der Waals surface area (Å²) >= 11 is 5.68. The zero-order chi connectivity index (χ0) is 11.4. The number of hydrogen-bond donors (Lipinski definition) is 0. The lowest BCUT2D eigenvalue weighted by Gasteiger charge is -2.09. The van der Waals surface area contributed by atoms with Gasteiger partial charge in [-0.1, -0.05) is 18.2 Å². The second kappa shape index (κ2) is 5.12. The number of rotatable bonds is 5. The summed E-state index contributed by atoms with van der Waals surface area (Å²) in [5, 5.41) is 8.86. The normalized spacial score (nSPS) is 12.8. The van der Waals surface area contributed by atoms with Gasteiger partial charge in [0.05, 0.1) is 6.04 Å². The molecule has 0 aliphatic carbocycles. The molecule has 0 saturated heterocycles. The van der Waals surface area contributed by atoms with E-state index in [-0.39, 0.29) is 6.04 Å². The summed E-state index contributed by atoms with van der Waals surface area (Å²) in [5.41, 5.74) is 1.83. The summed E-state index contributed by atoms with van der Waals surface area (Å²) in [6, 6.07) is 7.97. The predicted molar refractivity (Wildman–Crippen MR) is 66.7 cm³/mol. The van der Waals surface area contributed by atoms with Gasteiger partial charge in [0.1, 0.15) is 11.0 Å². The first-order valence-electron chi connectivity index (χ1n) is 5.35. The van der Waals surface area contributed by atoms with Crippen LogP contribution in [0, 0.1) is 0 Å². The molecule has 2 aromatic rings. The third-order valence-corrected chi connectivity index (χ3v) is 2.77. The highest BCUT2D eigenvalue weighted by Gasteiger charge is 2.10. The van der Waals surface area contributed by atoms with E-state index in [0.29, 0.717) is 5.88 Å². The van der Waals surface area contributed by atoms with Crippen LogP contribution in [0.2, 0.25) is 0 Å². The quantitative estimate of drug-likeness (QED) is 0.589. The van der Waals surface area contributed by atoms with Gasteiger partial charge in [-0.3, -0.25) is 0 Å². The molecule has 1 unspecified atom stereocenters. The Hall–Kier alpha value is -1.35. The molecule has 0 amide bonds. The van der Waals surface area contributed by atoms with E-state index in [4.69, 9.17) is 11.6 Å². The molecule has 0 radical (unpaired) electrons. The number of fused-ring (bicyclic) bond motifs is 1. The third-order valence-electron chi connectivity index (χ3n) is 2.50. The fourth-order valence-electron chi connectivity index (χ4n) is 1.64. The average Bonchev–Trinajstić information content (AvgIpc) is 2.73. The third kappa shape index (κ3) is 2.25. The molecule has 16 heavy (non-hydrogen) atoms. The summed E-state index contributed by atoms with van der Waals surface area (Å²) in [5.74, 6) is 0.658. The first kappa shape index (κ1) is 11.1. The summed E-state index contributed by atoms with van der Waals surface area (Å²) in [7, 11) is 0. The van der Waals surface area contributed by atoms with Gasteiger partial charge in [0.2, 0.25) is 0 Å². The Morgan fingerprint density at radius 3 is 2.44 bits per heavy atom. The first-order valence-corrected chi connectivity index (χ1v) is 5.88. The molecule has 0 fully saturated rings. The highest BCUT2D eigenvalue weighted by molar-refractivity contribution is 6.17. The van der Waals surface area contributed by atoms with Crippen molar-refractivity contribution in [2.45, 2.75) is 18.9 Å². The van der Waals surface area contributed by atoms with Crippen LogP contribution >= 0.6 is 11.6 Å². The molecule has 1 atom stereocenters. The SMILES string of the molecule is C=CC(CCCCl)n1nc2ccccc2n1. The van der Waals surface area contributed by atoms with Crippen LogP contribution in [0.4, 0.5) is 0 Å². The molecule has 4 heteroatoms. The van der Waals surface area contributed by atoms with Gasteiger partial charge < -0.3 is 0 Å². The van der Waals surface area contributed by atoms with E-state index in [9.17, 15) is 0 Å². The maximum Gasteiger partial charge on any atom is 0.113 e. The topological polar surface area (TPSA) is 30.7 Å². The molecule has 0 bridgehead atoms. The van der Waals surface area contributed by atoms with Crippen molar-refractivity contribution in [1.29, 1.82) is 0 Å². The Kier molecular flexibility index (Phi) is 3.57. The molecule has 2 rings (SSSR count). The average molecular weight is 236 g/mol. The van der Waals surface area contributed by atoms with Crippen molar-refractivity contribution in [3.63, 3.8) is 0 Å². The van der Waals surface area contributed by atoms with Crippen LogP contribution in [0.1, 0.15) is 18.9 Å². The lowest BCUT2D eigenvalue weighted by Crippen LogP contribution is -2.10. The van der Waals surface area contributed by atoms with Crippen molar-refractivity contribution in [3.8, 4) is 0 Å². The molecule has 0 aliphatic rings. The number of aromatic nitrogens is 3. The number of alkyl halides is 1. The summed E-state index contributed by atoms with van der Waals surface area (Å²) < 4.78 is 0. The van der Waals surface area contributed by atoms with E-state index in [1.54, 1.807) is 4.80 Å². The molecular formula is C12H14ClN3. The van der Waals surface area contributed by atoms with Crippen molar-refractivity contribution in [3.05, 3.63) is 36.9 Å². The van der Waals surface area contributed by atoms with Crippen LogP contribution in [-0.4, -0.2) is 20.9 Å². The van der Waals surface area contributed by atoms with Crippen molar-refractivity contribution in [1.82, 2.24) is 15.0 Å². The number of halogens is 1.